The molecule has 0 aromatic heterocycles. The lowest BCUT2D eigenvalue weighted by Gasteiger charge is -2.27. The van der Waals surface area contributed by atoms with Gasteiger partial charge in [-0.1, -0.05) is 36.4 Å². The smallest absolute Gasteiger partial charge is 0.318 e. The van der Waals surface area contributed by atoms with Gasteiger partial charge >= 0.3 is 5.97 Å². The number of hydrogen-bond donors (Lipinski definition) is 1. The quantitative estimate of drug-likeness (QED) is 0.483. The number of carbonyl (C=O) groups excluding carboxylic acids is 3. The van der Waals surface area contributed by atoms with Crippen molar-refractivity contribution in [2.24, 2.45) is 0 Å². The molecule has 0 aliphatic carbocycles. The number of ether oxygens (including phenoxy) is 2. The molecule has 0 bridgehead atoms. The molecule has 4 rings (SSSR count). The summed E-state index contributed by atoms with van der Waals surface area (Å²) in [6, 6.07) is 21.1. The summed E-state index contributed by atoms with van der Waals surface area (Å²) in [5.41, 5.74) is 2.38. The molecular formula is C25H21NO5. The molecule has 0 saturated carbocycles. The molecule has 6 heteroatoms. The van der Waals surface area contributed by atoms with E-state index in [2.05, 4.69) is 5.32 Å². The number of benzene rings is 3. The predicted octanol–water partition coefficient (Wildman–Crippen LogP) is 4.70. The van der Waals surface area contributed by atoms with Gasteiger partial charge in [0.05, 0.1) is 0 Å². The number of fused-ring (bicyclic) bond motifs is 2. The van der Waals surface area contributed by atoms with Crippen molar-refractivity contribution in [2.45, 2.75) is 25.9 Å². The Morgan fingerprint density at radius 1 is 0.871 bits per heavy atom. The van der Waals surface area contributed by atoms with Gasteiger partial charge in [0.15, 0.2) is 6.10 Å². The molecule has 0 radical (unpaired) electrons. The molecule has 1 aliphatic rings. The summed E-state index contributed by atoms with van der Waals surface area (Å²) in [5, 5.41) is 2.65. The van der Waals surface area contributed by atoms with Crippen LogP contribution in [0.5, 0.6) is 11.5 Å². The molecular weight excluding hydrogens is 394 g/mol. The Labute approximate surface area is 179 Å². The van der Waals surface area contributed by atoms with Crippen LogP contribution in [0, 0.1) is 0 Å². The predicted molar refractivity (Wildman–Crippen MR) is 115 cm³/mol. The second-order valence-electron chi connectivity index (χ2n) is 7.31. The molecule has 31 heavy (non-hydrogen) atoms. The fourth-order valence-electron chi connectivity index (χ4n) is 3.62. The van der Waals surface area contributed by atoms with Crippen LogP contribution in [0.4, 0.5) is 5.69 Å². The van der Waals surface area contributed by atoms with Crippen LogP contribution in [0.3, 0.4) is 0 Å². The Morgan fingerprint density at radius 2 is 1.42 bits per heavy atom. The number of rotatable bonds is 5. The van der Waals surface area contributed by atoms with E-state index in [1.165, 1.54) is 6.92 Å². The average Bonchev–Trinajstić information content (AvgIpc) is 2.76. The third kappa shape index (κ3) is 4.19. The van der Waals surface area contributed by atoms with Crippen LogP contribution in [0.1, 0.15) is 41.3 Å². The summed E-state index contributed by atoms with van der Waals surface area (Å²) in [6.45, 7) is 2.96. The van der Waals surface area contributed by atoms with Gasteiger partial charge in [-0.2, -0.15) is 0 Å². The summed E-state index contributed by atoms with van der Waals surface area (Å²) >= 11 is 0. The number of nitrogens with one attached hydrogen (secondary N) is 1. The summed E-state index contributed by atoms with van der Waals surface area (Å²) in [4.78, 5) is 37.1. The van der Waals surface area contributed by atoms with Gasteiger partial charge in [0.25, 0.3) is 0 Å². The number of amides is 1. The molecule has 0 saturated heterocycles. The van der Waals surface area contributed by atoms with E-state index in [1.807, 2.05) is 36.4 Å². The Balaban J connectivity index is 1.54. The minimum atomic E-state index is -0.971. The lowest BCUT2D eigenvalue weighted by molar-refractivity contribution is -0.147. The molecule has 1 heterocycles. The van der Waals surface area contributed by atoms with Crippen molar-refractivity contribution in [1.29, 1.82) is 0 Å². The van der Waals surface area contributed by atoms with Crippen molar-refractivity contribution >= 4 is 23.3 Å². The molecule has 3 aromatic carbocycles. The highest BCUT2D eigenvalue weighted by Gasteiger charge is 2.35. The van der Waals surface area contributed by atoms with Gasteiger partial charge in [0.1, 0.15) is 17.4 Å². The minimum Gasteiger partial charge on any atom is -0.457 e. The van der Waals surface area contributed by atoms with Gasteiger partial charge in [-0.25, -0.2) is 0 Å². The van der Waals surface area contributed by atoms with Crippen LogP contribution >= 0.6 is 0 Å². The zero-order valence-corrected chi connectivity index (χ0v) is 17.1. The van der Waals surface area contributed by atoms with Gasteiger partial charge in [0, 0.05) is 29.3 Å². The number of ketones is 1. The van der Waals surface area contributed by atoms with Gasteiger partial charge < -0.3 is 14.8 Å². The van der Waals surface area contributed by atoms with E-state index in [1.54, 1.807) is 43.3 Å². The number of esters is 1. The molecule has 1 amide bonds. The molecule has 6 nitrogen and oxygen atoms in total. The van der Waals surface area contributed by atoms with Crippen LogP contribution in [-0.2, 0) is 14.3 Å². The monoisotopic (exact) mass is 415 g/mol. The lowest BCUT2D eigenvalue weighted by atomic mass is 9.88. The van der Waals surface area contributed by atoms with Crippen molar-refractivity contribution in [3.63, 3.8) is 0 Å². The van der Waals surface area contributed by atoms with Crippen LogP contribution in [-0.4, -0.2) is 23.8 Å². The first-order valence-electron chi connectivity index (χ1n) is 9.92. The number of Topliss-reactive ketones (excluding diaryl/α,β-unsaturated/α-hetero) is 1. The average molecular weight is 415 g/mol. The van der Waals surface area contributed by atoms with E-state index < -0.39 is 18.0 Å². The van der Waals surface area contributed by atoms with Crippen molar-refractivity contribution in [1.82, 2.24) is 0 Å². The highest BCUT2D eigenvalue weighted by atomic mass is 16.5. The van der Waals surface area contributed by atoms with E-state index in [0.717, 1.165) is 0 Å². The molecule has 156 valence electrons. The molecule has 1 aliphatic heterocycles. The molecule has 1 atom stereocenters. The first kappa shape index (κ1) is 20.3. The van der Waals surface area contributed by atoms with E-state index in [4.69, 9.17) is 9.47 Å². The Hall–Kier alpha value is -3.93. The fourth-order valence-corrected chi connectivity index (χ4v) is 3.62. The maximum absolute atomic E-state index is 13.2. The van der Waals surface area contributed by atoms with Crippen molar-refractivity contribution < 1.29 is 23.9 Å². The van der Waals surface area contributed by atoms with Gasteiger partial charge in [-0.15, -0.1) is 0 Å². The van der Waals surface area contributed by atoms with E-state index in [9.17, 15) is 14.4 Å². The first-order valence-corrected chi connectivity index (χ1v) is 9.92. The van der Waals surface area contributed by atoms with Crippen LogP contribution in [0.15, 0.2) is 72.8 Å². The van der Waals surface area contributed by atoms with Crippen LogP contribution in [0.2, 0.25) is 0 Å². The molecule has 0 spiro atoms. The molecule has 0 fully saturated rings. The van der Waals surface area contributed by atoms with Crippen molar-refractivity contribution in [3.05, 3.63) is 89.5 Å². The SMILES string of the molecule is CC(=O)Nc1ccc(C(=O)C(C)OC(=O)C2c3ccccc3Oc3ccccc32)cc1. The third-order valence-electron chi connectivity index (χ3n) is 5.07. The highest BCUT2D eigenvalue weighted by molar-refractivity contribution is 6.01. The first-order chi connectivity index (χ1) is 14.9. The zero-order valence-electron chi connectivity index (χ0n) is 17.1. The Bertz CT molecular complexity index is 1110. The Kier molecular flexibility index (Phi) is 5.54. The van der Waals surface area contributed by atoms with Crippen LogP contribution < -0.4 is 10.1 Å². The van der Waals surface area contributed by atoms with Gasteiger partial charge in [-0.05, 0) is 43.3 Å². The third-order valence-corrected chi connectivity index (χ3v) is 5.07. The topological polar surface area (TPSA) is 81.7 Å². The number of para-hydroxylation sites is 2. The largest absolute Gasteiger partial charge is 0.457 e. The molecule has 1 N–H and O–H groups in total. The van der Waals surface area contributed by atoms with Crippen molar-refractivity contribution in [2.75, 3.05) is 5.32 Å². The number of carbonyl (C=O) groups is 3. The molecule has 3 aromatic rings. The van der Waals surface area contributed by atoms with Crippen molar-refractivity contribution in [3.8, 4) is 11.5 Å². The summed E-state index contributed by atoms with van der Waals surface area (Å²) in [5.74, 6) is -0.529. The normalized spacial score (nSPS) is 13.2. The van der Waals surface area contributed by atoms with Crippen LogP contribution in [0.25, 0.3) is 0 Å². The zero-order chi connectivity index (χ0) is 22.0. The minimum absolute atomic E-state index is 0.196. The summed E-state index contributed by atoms with van der Waals surface area (Å²) < 4.78 is 11.5. The van der Waals surface area contributed by atoms with Gasteiger partial charge in [0.2, 0.25) is 11.7 Å². The number of hydrogen-bond acceptors (Lipinski definition) is 5. The fraction of sp³-hybridized carbons (Fsp3) is 0.160. The maximum Gasteiger partial charge on any atom is 0.318 e. The maximum atomic E-state index is 13.2. The highest BCUT2D eigenvalue weighted by Crippen LogP contribution is 2.44. The lowest BCUT2D eigenvalue weighted by Crippen LogP contribution is -2.29. The standard InChI is InChI=1S/C25H21NO5/c1-15(24(28)17-11-13-18(14-12-17)26-16(2)27)30-25(29)23-19-7-3-5-9-21(19)31-22-10-6-4-8-20(22)23/h3-15,23H,1-2H3,(H,26,27). The number of anilines is 1. The molecule has 1 unspecified atom stereocenters. The second-order valence-corrected chi connectivity index (χ2v) is 7.31. The van der Waals surface area contributed by atoms with Gasteiger partial charge in [-0.3, -0.25) is 14.4 Å². The second kappa shape index (κ2) is 8.44. The summed E-state index contributed by atoms with van der Waals surface area (Å²) in [7, 11) is 0. The van der Waals surface area contributed by atoms with E-state index >= 15 is 0 Å². The van der Waals surface area contributed by atoms with E-state index in [-0.39, 0.29) is 11.7 Å². The van der Waals surface area contributed by atoms with E-state index in [0.29, 0.717) is 33.9 Å². The Morgan fingerprint density at radius 3 is 1.97 bits per heavy atom. The summed E-state index contributed by atoms with van der Waals surface area (Å²) in [6.07, 6.45) is -0.971.